The van der Waals surface area contributed by atoms with E-state index in [1.165, 1.54) is 32.4 Å². The van der Waals surface area contributed by atoms with Crippen LogP contribution in [0.2, 0.25) is 0 Å². The quantitative estimate of drug-likeness (QED) is 0.649. The lowest BCUT2D eigenvalue weighted by Crippen LogP contribution is -2.43. The first-order valence-electron chi connectivity index (χ1n) is 5.87. The first kappa shape index (κ1) is 13.0. The van der Waals surface area contributed by atoms with Crippen LogP contribution in [0.1, 0.15) is 47.0 Å². The van der Waals surface area contributed by atoms with E-state index in [4.69, 9.17) is 0 Å². The molecule has 0 spiro atoms. The lowest BCUT2D eigenvalue weighted by Gasteiger charge is -2.36. The van der Waals surface area contributed by atoms with Crippen molar-refractivity contribution in [2.45, 2.75) is 47.0 Å². The molecule has 1 aliphatic heterocycles. The first-order chi connectivity index (χ1) is 6.18. The Hall–Kier alpha value is -0.0400. The van der Waals surface area contributed by atoms with E-state index in [-0.39, 0.29) is 0 Å². The van der Waals surface area contributed by atoms with Gasteiger partial charge in [0.1, 0.15) is 0 Å². The third kappa shape index (κ3) is 6.09. The van der Waals surface area contributed by atoms with Gasteiger partial charge in [-0.3, -0.25) is 0 Å². The van der Waals surface area contributed by atoms with Gasteiger partial charge in [-0.05, 0) is 25.3 Å². The predicted molar refractivity (Wildman–Crippen MR) is 61.0 cm³/mol. The van der Waals surface area contributed by atoms with E-state index in [1.54, 1.807) is 0 Å². The monoisotopic (exact) mass is 185 g/mol. The van der Waals surface area contributed by atoms with Crippen LogP contribution < -0.4 is 0 Å². The summed E-state index contributed by atoms with van der Waals surface area (Å²) in [6.45, 7) is 11.3. The van der Waals surface area contributed by atoms with Gasteiger partial charge < -0.3 is 4.90 Å². The Balaban J connectivity index is 0.000000671. The van der Waals surface area contributed by atoms with Gasteiger partial charge in [-0.2, -0.15) is 0 Å². The van der Waals surface area contributed by atoms with Crippen molar-refractivity contribution in [3.63, 3.8) is 0 Å². The Kier molecular flexibility index (Phi) is 7.35. The predicted octanol–water partition coefficient (Wildman–Crippen LogP) is 3.40. The maximum atomic E-state index is 2.40. The highest BCUT2D eigenvalue weighted by atomic mass is 15.2. The largest absolute Gasteiger partial charge is 0.306 e. The van der Waals surface area contributed by atoms with Crippen LogP contribution in [-0.4, -0.2) is 25.0 Å². The highest BCUT2D eigenvalue weighted by Gasteiger charge is 2.21. The molecule has 0 N–H and O–H groups in total. The lowest BCUT2D eigenvalue weighted by molar-refractivity contribution is 0.123. The summed E-state index contributed by atoms with van der Waals surface area (Å²) < 4.78 is 0. The van der Waals surface area contributed by atoms with Crippen molar-refractivity contribution < 1.29 is 0 Å². The van der Waals surface area contributed by atoms with Crippen molar-refractivity contribution >= 4 is 0 Å². The van der Waals surface area contributed by atoms with Gasteiger partial charge >= 0.3 is 0 Å². The molecule has 1 fully saturated rings. The van der Waals surface area contributed by atoms with Crippen LogP contribution >= 0.6 is 0 Å². The molecule has 0 aromatic heterocycles. The van der Waals surface area contributed by atoms with E-state index < -0.39 is 0 Å². The number of likely N-dealkylation sites (tertiary alicyclic amines) is 1. The van der Waals surface area contributed by atoms with Crippen molar-refractivity contribution in [2.24, 2.45) is 11.8 Å². The smallest absolute Gasteiger partial charge is 0.00190 e. The molecule has 0 aliphatic carbocycles. The van der Waals surface area contributed by atoms with Gasteiger partial charge in [0.25, 0.3) is 0 Å². The fourth-order valence-electron chi connectivity index (χ4n) is 1.83. The Morgan fingerprint density at radius 2 is 1.77 bits per heavy atom. The molecule has 0 saturated carbocycles. The van der Waals surface area contributed by atoms with Gasteiger partial charge in [0.2, 0.25) is 0 Å². The Morgan fingerprint density at radius 3 is 2.15 bits per heavy atom. The van der Waals surface area contributed by atoms with Gasteiger partial charge in [0.05, 0.1) is 0 Å². The van der Waals surface area contributed by atoms with Crippen molar-refractivity contribution in [1.82, 2.24) is 4.90 Å². The Labute approximate surface area is 84.5 Å². The molecule has 0 radical (unpaired) electrons. The minimum atomic E-state index is 0.896. The van der Waals surface area contributed by atoms with Gasteiger partial charge in [-0.15, -0.1) is 0 Å². The fourth-order valence-corrected chi connectivity index (χ4v) is 1.83. The summed E-state index contributed by atoms with van der Waals surface area (Å²) in [5.74, 6) is 1.92. The molecule has 0 aromatic rings. The zero-order valence-electron chi connectivity index (χ0n) is 10.1. The van der Waals surface area contributed by atoms with Crippen molar-refractivity contribution in [3.8, 4) is 0 Å². The zero-order valence-corrected chi connectivity index (χ0v) is 10.1. The number of hydrogen-bond donors (Lipinski definition) is 0. The molecule has 80 valence electrons. The van der Waals surface area contributed by atoms with E-state index in [2.05, 4.69) is 25.8 Å². The lowest BCUT2D eigenvalue weighted by atomic mass is 9.93. The molecule has 13 heavy (non-hydrogen) atoms. The minimum absolute atomic E-state index is 0.896. The molecule has 0 unspecified atom stereocenters. The summed E-state index contributed by atoms with van der Waals surface area (Å²) in [5, 5.41) is 0. The van der Waals surface area contributed by atoms with E-state index in [1.807, 2.05) is 13.8 Å². The molecule has 0 amide bonds. The second-order valence-corrected chi connectivity index (χ2v) is 4.41. The summed E-state index contributed by atoms with van der Waals surface area (Å²) in [5.41, 5.74) is 0. The average Bonchev–Trinajstić information content (AvgIpc) is 2.04. The molecule has 1 heterocycles. The summed E-state index contributed by atoms with van der Waals surface area (Å²) in [7, 11) is 2.21. The molecule has 1 heteroatoms. The number of rotatable bonds is 4. The van der Waals surface area contributed by atoms with Crippen LogP contribution in [0.5, 0.6) is 0 Å². The molecule has 1 aliphatic rings. The molecule has 0 aromatic carbocycles. The molecule has 1 nitrogen and oxygen atoms in total. The third-order valence-electron chi connectivity index (χ3n) is 2.53. The number of hydrogen-bond acceptors (Lipinski definition) is 1. The van der Waals surface area contributed by atoms with Gasteiger partial charge in [0, 0.05) is 13.1 Å². The van der Waals surface area contributed by atoms with E-state index in [0.717, 1.165) is 11.8 Å². The second kappa shape index (κ2) is 7.37. The molecular formula is C12H27N. The minimum Gasteiger partial charge on any atom is -0.306 e. The molecule has 0 atom stereocenters. The third-order valence-corrected chi connectivity index (χ3v) is 2.53. The Bertz CT molecular complexity index is 104. The van der Waals surface area contributed by atoms with Crippen molar-refractivity contribution in [3.05, 3.63) is 0 Å². The summed E-state index contributed by atoms with van der Waals surface area (Å²) >= 11 is 0. The SMILES string of the molecule is CC.CC(C)CCCC1CN(C)C1. The normalized spacial score (nSPS) is 18.0. The summed E-state index contributed by atoms with van der Waals surface area (Å²) in [6.07, 6.45) is 4.32. The van der Waals surface area contributed by atoms with Crippen LogP contribution in [0.4, 0.5) is 0 Å². The molecule has 0 bridgehead atoms. The van der Waals surface area contributed by atoms with E-state index in [9.17, 15) is 0 Å². The van der Waals surface area contributed by atoms with Crippen molar-refractivity contribution in [1.29, 1.82) is 0 Å². The number of nitrogens with zero attached hydrogens (tertiary/aromatic N) is 1. The average molecular weight is 185 g/mol. The first-order valence-corrected chi connectivity index (χ1v) is 5.87. The van der Waals surface area contributed by atoms with Crippen LogP contribution in [0.15, 0.2) is 0 Å². The maximum absolute atomic E-state index is 2.40. The maximum Gasteiger partial charge on any atom is 0.00190 e. The zero-order chi connectivity index (χ0) is 10.3. The van der Waals surface area contributed by atoms with Gasteiger partial charge in [-0.25, -0.2) is 0 Å². The van der Waals surface area contributed by atoms with Crippen molar-refractivity contribution in [2.75, 3.05) is 20.1 Å². The van der Waals surface area contributed by atoms with Crippen LogP contribution in [0, 0.1) is 11.8 Å². The molecular weight excluding hydrogens is 158 g/mol. The summed E-state index contributed by atoms with van der Waals surface area (Å²) in [6, 6.07) is 0. The fraction of sp³-hybridized carbons (Fsp3) is 1.00. The topological polar surface area (TPSA) is 3.24 Å². The van der Waals surface area contributed by atoms with Gasteiger partial charge in [-0.1, -0.05) is 40.5 Å². The molecule has 1 saturated heterocycles. The van der Waals surface area contributed by atoms with Crippen LogP contribution in [0.3, 0.4) is 0 Å². The second-order valence-electron chi connectivity index (χ2n) is 4.41. The van der Waals surface area contributed by atoms with Crippen LogP contribution in [0.25, 0.3) is 0 Å². The van der Waals surface area contributed by atoms with Gasteiger partial charge in [0.15, 0.2) is 0 Å². The van der Waals surface area contributed by atoms with E-state index in [0.29, 0.717) is 0 Å². The molecule has 1 rings (SSSR count). The summed E-state index contributed by atoms with van der Waals surface area (Å²) in [4.78, 5) is 2.40. The van der Waals surface area contributed by atoms with Crippen LogP contribution in [-0.2, 0) is 0 Å². The Morgan fingerprint density at radius 1 is 1.23 bits per heavy atom. The highest BCUT2D eigenvalue weighted by molar-refractivity contribution is 4.76. The standard InChI is InChI=1S/C10H21N.C2H6/c1-9(2)5-4-6-10-7-11(3)8-10;1-2/h9-10H,4-8H2,1-3H3;1-2H3. The van der Waals surface area contributed by atoms with E-state index >= 15 is 0 Å². The highest BCUT2D eigenvalue weighted by Crippen LogP contribution is 2.20.